The minimum Gasteiger partial charge on any atom is -0.465 e. The van der Waals surface area contributed by atoms with E-state index in [1.165, 1.54) is 6.92 Å². The lowest BCUT2D eigenvalue weighted by atomic mass is 9.88. The minimum atomic E-state index is -2.16. The third kappa shape index (κ3) is 8.75. The van der Waals surface area contributed by atoms with E-state index in [1.807, 2.05) is 0 Å². The van der Waals surface area contributed by atoms with E-state index < -0.39 is 85.0 Å². The van der Waals surface area contributed by atoms with Crippen molar-refractivity contribution < 1.29 is 61.9 Å². The molecule has 1 saturated heterocycles. The Kier molecular flexibility index (Phi) is 11.7. The van der Waals surface area contributed by atoms with Gasteiger partial charge in [0.05, 0.1) is 19.6 Å². The lowest BCUT2D eigenvalue weighted by molar-refractivity contribution is -0.313. The normalized spacial score (nSPS) is 24.9. The van der Waals surface area contributed by atoms with Crippen LogP contribution in [0.15, 0.2) is 0 Å². The van der Waals surface area contributed by atoms with Crippen molar-refractivity contribution in [2.45, 2.75) is 84.2 Å². The highest BCUT2D eigenvalue weighted by Crippen LogP contribution is 2.37. The van der Waals surface area contributed by atoms with Crippen molar-refractivity contribution in [2.75, 3.05) is 20.3 Å². The summed E-state index contributed by atoms with van der Waals surface area (Å²) in [5.41, 5.74) is 0. The average molecular weight is 520 g/mol. The lowest BCUT2D eigenvalue weighted by Gasteiger charge is -2.48. The summed E-state index contributed by atoms with van der Waals surface area (Å²) < 4.78 is 37.5. The third-order valence-electron chi connectivity index (χ3n) is 4.87. The summed E-state index contributed by atoms with van der Waals surface area (Å²) in [6.07, 6.45) is -6.21. The Morgan fingerprint density at radius 2 is 1.56 bits per heavy atom. The predicted octanol–water partition coefficient (Wildman–Crippen LogP) is -0.456. The van der Waals surface area contributed by atoms with Crippen LogP contribution in [0.4, 0.5) is 0 Å². The fourth-order valence-electron chi connectivity index (χ4n) is 3.78. The van der Waals surface area contributed by atoms with Crippen LogP contribution >= 0.6 is 0 Å². The van der Waals surface area contributed by atoms with E-state index in [9.17, 15) is 28.8 Å². The van der Waals surface area contributed by atoms with Gasteiger partial charge in [-0.1, -0.05) is 0 Å². The van der Waals surface area contributed by atoms with Gasteiger partial charge in [0, 0.05) is 41.2 Å². The molecule has 1 amide bonds. The largest absolute Gasteiger partial charge is 0.465 e. The summed E-state index contributed by atoms with van der Waals surface area (Å²) in [6, 6.07) is -1.23. The summed E-state index contributed by atoms with van der Waals surface area (Å²) in [5.74, 6) is -6.92. The number of carbonyl (C=O) groups excluding carboxylic acids is 6. The molecule has 1 fully saturated rings. The molecule has 0 radical (unpaired) electrons. The van der Waals surface area contributed by atoms with Crippen LogP contribution in [0.25, 0.3) is 0 Å². The first-order chi connectivity index (χ1) is 16.8. The Bertz CT molecular complexity index is 844. The van der Waals surface area contributed by atoms with Crippen molar-refractivity contribution in [1.82, 2.24) is 5.32 Å². The molecule has 0 bridgehead atoms. The van der Waals surface area contributed by atoms with E-state index in [-0.39, 0.29) is 6.61 Å². The summed E-state index contributed by atoms with van der Waals surface area (Å²) in [4.78, 5) is 72.2. The van der Waals surface area contributed by atoms with Crippen LogP contribution < -0.4 is 5.32 Å². The molecule has 14 heteroatoms. The van der Waals surface area contributed by atoms with E-state index in [0.717, 1.165) is 34.8 Å². The van der Waals surface area contributed by atoms with Crippen molar-refractivity contribution in [1.29, 1.82) is 0 Å². The molecular weight excluding hydrogens is 486 g/mol. The topological polar surface area (TPSA) is 179 Å². The van der Waals surface area contributed by atoms with Gasteiger partial charge >= 0.3 is 29.8 Å². The monoisotopic (exact) mass is 519 g/mol. The van der Waals surface area contributed by atoms with Crippen molar-refractivity contribution in [3.8, 4) is 0 Å². The molecule has 36 heavy (non-hydrogen) atoms. The lowest BCUT2D eigenvalue weighted by Crippen LogP contribution is -2.69. The van der Waals surface area contributed by atoms with Gasteiger partial charge in [0.15, 0.2) is 12.2 Å². The predicted molar refractivity (Wildman–Crippen MR) is 117 cm³/mol. The van der Waals surface area contributed by atoms with Crippen LogP contribution in [0.1, 0.15) is 48.0 Å². The van der Waals surface area contributed by atoms with Gasteiger partial charge < -0.3 is 38.5 Å². The SMILES string of the molecule is CCO[C@]1(C(=O)OC)C[C@@H](OC(C)=O)[C@@H](NC(C)=O)C([C@H](OC(C)=O)[C@@H](COC(C)=O)OC(C)=O)O1. The van der Waals surface area contributed by atoms with E-state index in [0.29, 0.717) is 0 Å². The first-order valence-electron chi connectivity index (χ1n) is 11.1. The molecule has 0 aromatic carbocycles. The Hall–Kier alpha value is -3.26. The highest BCUT2D eigenvalue weighted by atomic mass is 16.7. The van der Waals surface area contributed by atoms with Crippen molar-refractivity contribution in [2.24, 2.45) is 0 Å². The second kappa shape index (κ2) is 13.7. The fraction of sp³-hybridized carbons (Fsp3) is 0.727. The van der Waals surface area contributed by atoms with Crippen LogP contribution in [-0.2, 0) is 61.9 Å². The number of hydrogen-bond donors (Lipinski definition) is 1. The smallest absolute Gasteiger partial charge is 0.366 e. The minimum absolute atomic E-state index is 0.0571. The zero-order chi connectivity index (χ0) is 27.6. The van der Waals surface area contributed by atoms with E-state index in [4.69, 9.17) is 33.2 Å². The van der Waals surface area contributed by atoms with Crippen LogP contribution in [0, 0.1) is 0 Å². The highest BCUT2D eigenvalue weighted by Gasteiger charge is 2.59. The average Bonchev–Trinajstić information content (AvgIpc) is 2.75. The number of amides is 1. The molecule has 0 spiro atoms. The Morgan fingerprint density at radius 1 is 0.944 bits per heavy atom. The van der Waals surface area contributed by atoms with Crippen LogP contribution in [0.2, 0.25) is 0 Å². The number of hydrogen-bond acceptors (Lipinski definition) is 13. The number of nitrogens with one attached hydrogen (secondary N) is 1. The zero-order valence-corrected chi connectivity index (χ0v) is 21.3. The molecule has 0 aliphatic carbocycles. The summed E-state index contributed by atoms with van der Waals surface area (Å²) >= 11 is 0. The standard InChI is InChI=1S/C22H33NO13/c1-8-32-22(21(29)30-7)9-16(33-13(4)26)18(23-11(2)24)20(36-22)19(35-15(6)28)17(34-14(5)27)10-31-12(3)25/h16-20H,8-10H2,1-7H3,(H,23,24)/t16-,17-,18-,19-,20?,22-/m1/s1. The van der Waals surface area contributed by atoms with Gasteiger partial charge in [-0.2, -0.15) is 0 Å². The number of ether oxygens (including phenoxy) is 7. The van der Waals surface area contributed by atoms with Gasteiger partial charge in [-0.25, -0.2) is 4.79 Å². The molecule has 14 nitrogen and oxygen atoms in total. The van der Waals surface area contributed by atoms with Gasteiger partial charge in [0.1, 0.15) is 18.8 Å². The highest BCUT2D eigenvalue weighted by molar-refractivity contribution is 5.79. The molecular formula is C22H33NO13. The number of esters is 5. The Morgan fingerprint density at radius 3 is 2.00 bits per heavy atom. The first-order valence-corrected chi connectivity index (χ1v) is 11.1. The number of methoxy groups -OCH3 is 1. The van der Waals surface area contributed by atoms with Gasteiger partial charge in [-0.05, 0) is 6.92 Å². The Labute approximate surface area is 208 Å². The molecule has 204 valence electrons. The van der Waals surface area contributed by atoms with Crippen LogP contribution in [0.5, 0.6) is 0 Å². The van der Waals surface area contributed by atoms with Crippen molar-refractivity contribution >= 4 is 35.8 Å². The summed E-state index contributed by atoms with van der Waals surface area (Å²) in [6.45, 7) is 6.46. The molecule has 6 atom stereocenters. The molecule has 1 aliphatic heterocycles. The third-order valence-corrected chi connectivity index (χ3v) is 4.87. The van der Waals surface area contributed by atoms with Crippen LogP contribution in [0.3, 0.4) is 0 Å². The fourth-order valence-corrected chi connectivity index (χ4v) is 3.78. The molecule has 0 saturated carbocycles. The van der Waals surface area contributed by atoms with Gasteiger partial charge in [-0.3, -0.25) is 24.0 Å². The van der Waals surface area contributed by atoms with Crippen LogP contribution in [-0.4, -0.2) is 92.3 Å². The second-order valence-electron chi connectivity index (χ2n) is 7.86. The molecule has 0 aromatic rings. The van der Waals surface area contributed by atoms with E-state index in [1.54, 1.807) is 6.92 Å². The van der Waals surface area contributed by atoms with Crippen molar-refractivity contribution in [3.63, 3.8) is 0 Å². The summed E-state index contributed by atoms with van der Waals surface area (Å²) in [7, 11) is 1.08. The summed E-state index contributed by atoms with van der Waals surface area (Å²) in [5, 5.41) is 2.56. The molecule has 1 unspecified atom stereocenters. The zero-order valence-electron chi connectivity index (χ0n) is 21.3. The van der Waals surface area contributed by atoms with Gasteiger partial charge in [0.2, 0.25) is 5.91 Å². The number of rotatable bonds is 11. The molecule has 1 rings (SSSR count). The first kappa shape index (κ1) is 30.8. The molecule has 0 aromatic heterocycles. The molecule has 1 N–H and O–H groups in total. The van der Waals surface area contributed by atoms with E-state index >= 15 is 0 Å². The van der Waals surface area contributed by atoms with E-state index in [2.05, 4.69) is 5.32 Å². The maximum Gasteiger partial charge on any atom is 0.366 e. The van der Waals surface area contributed by atoms with Gasteiger partial charge in [-0.15, -0.1) is 0 Å². The number of carbonyl (C=O) groups is 6. The van der Waals surface area contributed by atoms with Crippen molar-refractivity contribution in [3.05, 3.63) is 0 Å². The quantitative estimate of drug-likeness (QED) is 0.274. The molecule has 1 aliphatic rings. The second-order valence-corrected chi connectivity index (χ2v) is 7.86. The maximum absolute atomic E-state index is 12.8. The van der Waals surface area contributed by atoms with Gasteiger partial charge in [0.25, 0.3) is 5.79 Å². The molecule has 1 heterocycles. The maximum atomic E-state index is 12.8. The Balaban J connectivity index is 3.76.